The lowest BCUT2D eigenvalue weighted by Gasteiger charge is -2.19. The Labute approximate surface area is 405 Å². The number of rotatable bonds is 18. The highest BCUT2D eigenvalue weighted by molar-refractivity contribution is 6.40. The van der Waals surface area contributed by atoms with Gasteiger partial charge in [0.15, 0.2) is 11.5 Å². The van der Waals surface area contributed by atoms with Crippen LogP contribution in [0.2, 0.25) is 0 Å². The van der Waals surface area contributed by atoms with E-state index in [1.807, 2.05) is 106 Å². The molecule has 4 rings (SSSR count). The van der Waals surface area contributed by atoms with Crippen LogP contribution in [0.4, 0.5) is 11.6 Å². The smallest absolute Gasteiger partial charge is 0.204 e. The Morgan fingerprint density at radius 1 is 0.750 bits per heavy atom. The third kappa shape index (κ3) is 21.6. The molecule has 0 fully saturated rings. The van der Waals surface area contributed by atoms with Gasteiger partial charge in [0.25, 0.3) is 0 Å². The van der Waals surface area contributed by atoms with Crippen LogP contribution in [0.3, 0.4) is 0 Å². The number of nitrogens with zero attached hydrogens (tertiary/aromatic N) is 20. The van der Waals surface area contributed by atoms with E-state index < -0.39 is 0 Å². The molecule has 20 heteroatoms. The van der Waals surface area contributed by atoms with Gasteiger partial charge in [-0.05, 0) is 78.3 Å². The van der Waals surface area contributed by atoms with Crippen molar-refractivity contribution in [3.05, 3.63) is 118 Å². The highest BCUT2D eigenvalue weighted by Crippen LogP contribution is 2.21. The van der Waals surface area contributed by atoms with Gasteiger partial charge in [0.2, 0.25) is 6.67 Å². The van der Waals surface area contributed by atoms with Gasteiger partial charge in [0.05, 0.1) is 34.6 Å². The van der Waals surface area contributed by atoms with Crippen molar-refractivity contribution in [2.75, 3.05) is 69.7 Å². The average Bonchev–Trinajstić information content (AvgIpc) is 4.13. The van der Waals surface area contributed by atoms with Gasteiger partial charge in [-0.3, -0.25) is 19.5 Å². The summed E-state index contributed by atoms with van der Waals surface area (Å²) in [5.74, 6) is 2.90. The molecule has 4 aromatic rings. The summed E-state index contributed by atoms with van der Waals surface area (Å²) in [6.07, 6.45) is 8.10. The minimum absolute atomic E-state index is 0.314. The highest BCUT2D eigenvalue weighted by atomic mass is 15.4. The molecule has 0 aliphatic rings. The number of amidine groups is 2. The first-order chi connectivity index (χ1) is 32.2. The van der Waals surface area contributed by atoms with E-state index in [0.717, 1.165) is 58.6 Å². The van der Waals surface area contributed by atoms with E-state index in [2.05, 4.69) is 141 Å². The van der Waals surface area contributed by atoms with Crippen molar-refractivity contribution in [1.82, 2.24) is 13.7 Å². The summed E-state index contributed by atoms with van der Waals surface area (Å²) in [6, 6.07) is 17.2. The van der Waals surface area contributed by atoms with Crippen molar-refractivity contribution in [2.24, 2.45) is 45.4 Å². The fourth-order valence-electron chi connectivity index (χ4n) is 5.49. The van der Waals surface area contributed by atoms with E-state index in [0.29, 0.717) is 31.7 Å². The topological polar surface area (TPSA) is 184 Å². The van der Waals surface area contributed by atoms with Crippen LogP contribution in [-0.2, 0) is 13.3 Å². The number of azo groups is 2. The molecule has 68 heavy (non-hydrogen) atoms. The quantitative estimate of drug-likeness (QED) is 0.0232. The van der Waals surface area contributed by atoms with Crippen LogP contribution in [0, 0.1) is 6.04 Å². The van der Waals surface area contributed by atoms with Crippen LogP contribution in [0.15, 0.2) is 130 Å². The summed E-state index contributed by atoms with van der Waals surface area (Å²) in [5.41, 5.74) is 15.5. The Hall–Kier alpha value is -7.64. The van der Waals surface area contributed by atoms with Gasteiger partial charge >= 0.3 is 0 Å². The van der Waals surface area contributed by atoms with Crippen LogP contribution in [0.1, 0.15) is 66.8 Å². The van der Waals surface area contributed by atoms with Crippen molar-refractivity contribution in [1.29, 1.82) is 0 Å². The maximum Gasteiger partial charge on any atom is 0.204 e. The first kappa shape index (κ1) is 58.4. The Balaban J connectivity index is 0.000000458. The second-order valence-corrected chi connectivity index (χ2v) is 15.2. The molecule has 0 amide bonds. The fourth-order valence-corrected chi connectivity index (χ4v) is 5.49. The summed E-state index contributed by atoms with van der Waals surface area (Å²) >= 11 is 0. The molecule has 4 aromatic heterocycles. The van der Waals surface area contributed by atoms with Gasteiger partial charge in [0.1, 0.15) is 54.2 Å². The average molecular weight is 933 g/mol. The molecule has 0 aromatic carbocycles. The molecule has 0 radical (unpaired) electrons. The predicted octanol–water partition coefficient (Wildman–Crippen LogP) is 8.41. The van der Waals surface area contributed by atoms with Crippen LogP contribution in [-0.4, -0.2) is 158 Å². The zero-order valence-electron chi connectivity index (χ0n) is 43.5. The largest absolute Gasteiger partial charge is 0.665 e. The van der Waals surface area contributed by atoms with E-state index in [1.54, 1.807) is 53.7 Å². The lowest BCUT2D eigenvalue weighted by atomic mass is 10.2. The molecular weight excluding hydrogens is 857 g/mol. The third-order valence-corrected chi connectivity index (χ3v) is 9.73. The number of allylic oxidation sites excluding steroid dienone is 2. The molecule has 0 unspecified atom stereocenters. The van der Waals surface area contributed by atoms with Crippen LogP contribution in [0.5, 0.6) is 0 Å². The lowest BCUT2D eigenvalue weighted by Crippen LogP contribution is -2.41. The molecular formula is C48H76N20. The lowest BCUT2D eigenvalue weighted by molar-refractivity contribution is -0.711. The van der Waals surface area contributed by atoms with Crippen molar-refractivity contribution >= 4 is 67.3 Å². The minimum atomic E-state index is 0.314. The van der Waals surface area contributed by atoms with E-state index in [4.69, 9.17) is 0 Å². The van der Waals surface area contributed by atoms with Crippen molar-refractivity contribution in [3.63, 3.8) is 0 Å². The summed E-state index contributed by atoms with van der Waals surface area (Å²) in [5, 5.41) is 19.5. The molecule has 0 N–H and O–H groups in total. The Morgan fingerprint density at radius 3 is 1.99 bits per heavy atom. The number of hydrogen-bond acceptors (Lipinski definition) is 8. The third-order valence-electron chi connectivity index (χ3n) is 9.73. The Morgan fingerprint density at radius 2 is 1.40 bits per heavy atom. The van der Waals surface area contributed by atoms with Gasteiger partial charge in [-0.25, -0.2) is 27.6 Å². The molecule has 0 bridgehead atoms. The minimum Gasteiger partial charge on any atom is -0.665 e. The van der Waals surface area contributed by atoms with E-state index in [-0.39, 0.29) is 0 Å². The first-order valence-electron chi connectivity index (χ1n) is 21.6. The maximum atomic E-state index is 4.36. The summed E-state index contributed by atoms with van der Waals surface area (Å²) in [6.45, 7) is 32.7. The monoisotopic (exact) mass is 933 g/mol. The van der Waals surface area contributed by atoms with Gasteiger partial charge < -0.3 is 33.6 Å². The van der Waals surface area contributed by atoms with Crippen LogP contribution in [0.25, 0.3) is 16.2 Å². The van der Waals surface area contributed by atoms with Crippen molar-refractivity contribution in [3.8, 4) is 0 Å². The highest BCUT2D eigenvalue weighted by Gasteiger charge is 2.13. The van der Waals surface area contributed by atoms with E-state index in [1.165, 1.54) is 15.1 Å². The van der Waals surface area contributed by atoms with Gasteiger partial charge in [-0.2, -0.15) is 19.6 Å². The zero-order valence-corrected chi connectivity index (χ0v) is 43.5. The molecule has 0 atom stereocenters. The second-order valence-electron chi connectivity index (χ2n) is 15.2. The molecule has 4 heterocycles. The summed E-state index contributed by atoms with van der Waals surface area (Å²) in [4.78, 5) is 20.8. The number of aromatic nitrogens is 4. The Kier molecular flexibility index (Phi) is 26.9. The zero-order chi connectivity index (χ0) is 51.3. The summed E-state index contributed by atoms with van der Waals surface area (Å²) < 4.78 is 15.1. The van der Waals surface area contributed by atoms with Gasteiger partial charge in [-0.15, -0.1) is 10.2 Å². The number of hydrogen-bond donors (Lipinski definition) is 0. The van der Waals surface area contributed by atoms with Crippen molar-refractivity contribution in [2.45, 2.75) is 68.7 Å². The fraction of sp³-hybridized carbons (Fsp3) is 0.417. The molecule has 20 nitrogen and oxygen atoms in total. The van der Waals surface area contributed by atoms with E-state index in [9.17, 15) is 0 Å². The first-order valence-corrected chi connectivity index (χ1v) is 21.6. The SMILES string of the molecule is C=[N+](C)C(C)=C(C)[N-]CN=C(C)C(C)=NC.C=[N+](C)[C-](C)[c-]1ccc[n+]1Cn1cccc1C(C)=NC.C=[N+](C)[N-]C(C)=NCN=C(C)N=NC.C=[N+](C)[N-]c1cccn1Cn1cccc1N=NC. The van der Waals surface area contributed by atoms with Crippen LogP contribution < -0.4 is 4.57 Å². The summed E-state index contributed by atoms with van der Waals surface area (Å²) in [7, 11) is 14.2. The molecule has 0 saturated heterocycles. The molecule has 0 aliphatic carbocycles. The maximum absolute atomic E-state index is 4.36. The number of aliphatic imine (C=N–C) groups is 5. The van der Waals surface area contributed by atoms with Gasteiger partial charge in [0, 0.05) is 79.6 Å². The second kappa shape index (κ2) is 31.3. The molecule has 368 valence electrons. The predicted molar refractivity (Wildman–Crippen MR) is 283 cm³/mol. The van der Waals surface area contributed by atoms with E-state index >= 15 is 0 Å². The van der Waals surface area contributed by atoms with Crippen molar-refractivity contribution < 1.29 is 23.1 Å². The Bertz CT molecular complexity index is 2490. The van der Waals surface area contributed by atoms with Crippen LogP contribution >= 0.6 is 0 Å². The molecule has 0 aliphatic heterocycles. The van der Waals surface area contributed by atoms with Gasteiger partial charge in [-0.1, -0.05) is 31.0 Å². The molecule has 0 saturated carbocycles. The standard InChI is InChI=1S/C16H22N4.C12H16N6.C12H22N4.C8H16N6/c1-13(17-3)15-8-6-10-19(15)12-20-11-7-9-16(20)14(2)18(4)5;1-13-14-11-6-4-8-17(11)10-18-9-5-7-12(18)15-16(2)3;1-9(13-5)10(2)14-8-15-11(3)12(4)16(6)7;1-7(12-9-3)10-6-11-8(2)13-14(4)5/h6-11H,4,12H2,1-3,5H3;4-9H,2,10H2,1,3H3;6,8H2,1-5,7H3;4,6H2,1-3,5H3. The normalized spacial score (nSPS) is 12.6. The molecule has 0 spiro atoms.